The fourth-order valence-electron chi connectivity index (χ4n) is 10.6. The van der Waals surface area contributed by atoms with Crippen LogP contribution in [0.25, 0.3) is 0 Å². The first kappa shape index (κ1) is 40.1. The van der Waals surface area contributed by atoms with Gasteiger partial charge in [-0.25, -0.2) is 8.42 Å². The zero-order chi connectivity index (χ0) is 34.0. The maximum absolute atomic E-state index is 12.6. The Morgan fingerprint density at radius 3 is 2.23 bits per heavy atom. The quantitative estimate of drug-likeness (QED) is 0.0534. The van der Waals surface area contributed by atoms with Gasteiger partial charge in [0.2, 0.25) is 10.4 Å². The number of rotatable bonds is 9. The van der Waals surface area contributed by atoms with Crippen LogP contribution in [0.2, 0.25) is 0 Å². The van der Waals surface area contributed by atoms with Gasteiger partial charge in [-0.3, -0.25) is 4.18 Å². The fraction of sp³-hybridized carbons (Fsp3) is 0.939. The van der Waals surface area contributed by atoms with Crippen LogP contribution in [0.15, 0.2) is 12.2 Å². The Hall–Kier alpha value is 0.290. The molecule has 4 aliphatic carbocycles. The second kappa shape index (κ2) is 14.7. The van der Waals surface area contributed by atoms with Crippen molar-refractivity contribution in [3.8, 4) is 0 Å². The first-order valence-electron chi connectivity index (χ1n) is 17.0. The first-order valence-corrected chi connectivity index (χ1v) is 18.3. The van der Waals surface area contributed by atoms with Crippen molar-refractivity contribution < 1.29 is 86.8 Å². The average Bonchev–Trinajstić information content (AvgIpc) is 3.24. The molecule has 1 saturated heterocycles. The molecule has 5 aliphatic rings. The molecule has 0 amide bonds. The van der Waals surface area contributed by atoms with Crippen molar-refractivity contribution >= 4 is 10.4 Å². The molecule has 0 aromatic rings. The van der Waals surface area contributed by atoms with E-state index in [-0.39, 0.29) is 90.8 Å². The Labute approximate surface area is 301 Å². The standard InChI is InChI=1S/C33H56O12S.Na/c1-17(2)19(15-44-46(40,41)42)7-6-18(3)21-13-23(34)29-32(21,5)11-9-26-31(4)10-8-20(12-22(31)24(35)14-33(26,29)39)45-30-28(38)27(37)25(36)16-43-30;/h6-7,17-30,34-39H,8-16H2,1-5H3,(H,40,41,42);/q;+1/p-1/b7-6+;/t18-,19+,20+,21-,22-,23+,24-,25-,26-,27?,28+,29-,30+,31+,32-,33+;/m1./s1. The van der Waals surface area contributed by atoms with Crippen LogP contribution in [0.1, 0.15) is 79.6 Å². The van der Waals surface area contributed by atoms with E-state index < -0.39 is 69.6 Å². The molecule has 47 heavy (non-hydrogen) atoms. The number of allylic oxidation sites excluding steroid dienone is 1. The summed E-state index contributed by atoms with van der Waals surface area (Å²) in [4.78, 5) is 0. The van der Waals surface area contributed by atoms with Gasteiger partial charge in [0, 0.05) is 18.3 Å². The van der Waals surface area contributed by atoms with Crippen molar-refractivity contribution in [3.05, 3.63) is 12.2 Å². The first-order chi connectivity index (χ1) is 21.3. The van der Waals surface area contributed by atoms with E-state index in [1.807, 2.05) is 26.0 Å². The molecule has 4 saturated carbocycles. The van der Waals surface area contributed by atoms with Gasteiger partial charge < -0.3 is 44.7 Å². The molecule has 5 rings (SSSR count). The molecule has 1 aliphatic heterocycles. The summed E-state index contributed by atoms with van der Waals surface area (Å²) in [6, 6.07) is 0. The minimum atomic E-state index is -4.80. The largest absolute Gasteiger partial charge is 1.00 e. The summed E-state index contributed by atoms with van der Waals surface area (Å²) in [5.74, 6) is -0.969. The molecule has 0 aromatic carbocycles. The number of ether oxygens (including phenoxy) is 2. The van der Waals surface area contributed by atoms with Gasteiger partial charge in [-0.2, -0.15) is 0 Å². The molecule has 1 heterocycles. The predicted molar refractivity (Wildman–Crippen MR) is 164 cm³/mol. The van der Waals surface area contributed by atoms with Gasteiger partial charge in [-0.1, -0.05) is 46.8 Å². The monoisotopic (exact) mass is 698 g/mol. The summed E-state index contributed by atoms with van der Waals surface area (Å²) in [6.07, 6.45) is 0.934. The van der Waals surface area contributed by atoms with Crippen LogP contribution in [0.5, 0.6) is 0 Å². The van der Waals surface area contributed by atoms with Gasteiger partial charge in [0.05, 0.1) is 37.1 Å². The topological polar surface area (TPSA) is 206 Å². The summed E-state index contributed by atoms with van der Waals surface area (Å²) >= 11 is 0. The Kier molecular flexibility index (Phi) is 12.6. The Morgan fingerprint density at radius 1 is 0.936 bits per heavy atom. The van der Waals surface area contributed by atoms with Gasteiger partial charge in [0.25, 0.3) is 0 Å². The van der Waals surface area contributed by atoms with Crippen molar-refractivity contribution in [1.29, 1.82) is 0 Å². The van der Waals surface area contributed by atoms with Gasteiger partial charge in [0.15, 0.2) is 6.29 Å². The summed E-state index contributed by atoms with van der Waals surface area (Å²) in [5, 5.41) is 66.2. The third kappa shape index (κ3) is 7.60. The van der Waals surface area contributed by atoms with Crippen LogP contribution in [0, 0.1) is 52.3 Å². The number of hydrogen-bond donors (Lipinski definition) is 6. The van der Waals surface area contributed by atoms with Crippen LogP contribution in [0.4, 0.5) is 0 Å². The maximum Gasteiger partial charge on any atom is 1.00 e. The molecule has 0 aromatic heterocycles. The van der Waals surface area contributed by atoms with Crippen LogP contribution in [0.3, 0.4) is 0 Å². The van der Waals surface area contributed by atoms with Crippen molar-refractivity contribution in [2.75, 3.05) is 13.2 Å². The van der Waals surface area contributed by atoms with Crippen LogP contribution in [-0.4, -0.2) is 105 Å². The number of aliphatic hydroxyl groups excluding tert-OH is 5. The van der Waals surface area contributed by atoms with Crippen molar-refractivity contribution in [3.63, 3.8) is 0 Å². The van der Waals surface area contributed by atoms with Crippen LogP contribution >= 0.6 is 0 Å². The molecule has 1 unspecified atom stereocenters. The van der Waals surface area contributed by atoms with E-state index in [0.717, 1.165) is 12.8 Å². The molecule has 6 N–H and O–H groups in total. The van der Waals surface area contributed by atoms with E-state index in [2.05, 4.69) is 25.0 Å². The second-order valence-corrected chi connectivity index (χ2v) is 17.0. The normalized spacial score (nSPS) is 48.3. The SMILES string of the molecule is CC(C)[C@@H](/C=C/[C@@H](C)[C@H]1C[C@H](O)[C@@H]2[C@]1(C)CC[C@@H]1[C@@]3(C)CC[C@H](O[C@@H]4OC[C@@H](O)C(O)[C@@H]4O)C[C@@H]3[C@H](O)C[C@]12O)COS(=O)(=O)[O-].[Na+]. The zero-order valence-electron chi connectivity index (χ0n) is 28.6. The van der Waals surface area contributed by atoms with Gasteiger partial charge in [-0.05, 0) is 78.9 Å². The summed E-state index contributed by atoms with van der Waals surface area (Å²) in [7, 11) is -4.80. The smallest absolute Gasteiger partial charge is 0.726 e. The number of hydrogen-bond acceptors (Lipinski definition) is 12. The van der Waals surface area contributed by atoms with E-state index in [1.54, 1.807) is 0 Å². The summed E-state index contributed by atoms with van der Waals surface area (Å²) in [5.41, 5.74) is -2.09. The molecule has 5 fully saturated rings. The van der Waals surface area contributed by atoms with E-state index in [1.165, 1.54) is 0 Å². The second-order valence-electron chi connectivity index (χ2n) is 16.0. The third-order valence-corrected chi connectivity index (χ3v) is 13.5. The molecule has 0 spiro atoms. The average molecular weight is 699 g/mol. The molecule has 266 valence electrons. The van der Waals surface area contributed by atoms with E-state index in [4.69, 9.17) is 9.47 Å². The molecular formula is C33H55NaO12S. The molecule has 14 heteroatoms. The van der Waals surface area contributed by atoms with Gasteiger partial charge >= 0.3 is 29.6 Å². The van der Waals surface area contributed by atoms with Crippen LogP contribution < -0.4 is 29.6 Å². The maximum atomic E-state index is 12.6. The fourth-order valence-corrected chi connectivity index (χ4v) is 10.9. The third-order valence-electron chi connectivity index (χ3n) is 13.1. The van der Waals surface area contributed by atoms with Crippen LogP contribution in [-0.2, 0) is 24.1 Å². The van der Waals surface area contributed by atoms with E-state index in [0.29, 0.717) is 25.7 Å². The molecule has 0 bridgehead atoms. The van der Waals surface area contributed by atoms with Gasteiger partial charge in [-0.15, -0.1) is 0 Å². The summed E-state index contributed by atoms with van der Waals surface area (Å²) in [6.45, 7) is 9.84. The van der Waals surface area contributed by atoms with Gasteiger partial charge in [0.1, 0.15) is 18.3 Å². The Bertz CT molecular complexity index is 1220. The molecule has 16 atom stereocenters. The Morgan fingerprint density at radius 2 is 1.60 bits per heavy atom. The Balaban J connectivity index is 0.00000500. The summed E-state index contributed by atoms with van der Waals surface area (Å²) < 4.78 is 49.2. The molecule has 12 nitrogen and oxygen atoms in total. The number of aliphatic hydroxyl groups is 6. The molecular weight excluding hydrogens is 643 g/mol. The molecule has 0 radical (unpaired) electrons. The van der Waals surface area contributed by atoms with E-state index in [9.17, 15) is 43.6 Å². The number of fused-ring (bicyclic) bond motifs is 5. The zero-order valence-corrected chi connectivity index (χ0v) is 31.5. The minimum Gasteiger partial charge on any atom is -0.726 e. The van der Waals surface area contributed by atoms with Crippen molar-refractivity contribution in [2.45, 2.75) is 128 Å². The van der Waals surface area contributed by atoms with E-state index >= 15 is 0 Å². The minimum absolute atomic E-state index is 0. The van der Waals surface area contributed by atoms with Crippen molar-refractivity contribution in [2.24, 2.45) is 52.3 Å². The predicted octanol–water partition coefficient (Wildman–Crippen LogP) is -1.53. The van der Waals surface area contributed by atoms with Crippen molar-refractivity contribution in [1.82, 2.24) is 0 Å².